The van der Waals surface area contributed by atoms with Crippen molar-refractivity contribution in [1.82, 2.24) is 0 Å². The molecule has 0 aromatic heterocycles. The third kappa shape index (κ3) is 4.17. The number of morpholine rings is 1. The van der Waals surface area contributed by atoms with Gasteiger partial charge in [0.1, 0.15) is 0 Å². The number of ether oxygens (including phenoxy) is 1. The lowest BCUT2D eigenvalue weighted by Gasteiger charge is -2.30. The van der Waals surface area contributed by atoms with Crippen LogP contribution in [-0.2, 0) is 4.74 Å². The number of benzene rings is 2. The normalized spacial score (nSPS) is 14.4. The predicted octanol–water partition coefficient (Wildman–Crippen LogP) is 3.62. The Kier molecular flexibility index (Phi) is 5.78. The van der Waals surface area contributed by atoms with E-state index in [1.807, 2.05) is 42.5 Å². The van der Waals surface area contributed by atoms with Crippen molar-refractivity contribution in [2.75, 3.05) is 48.5 Å². The second-order valence-corrected chi connectivity index (χ2v) is 6.83. The number of nitrogens with zero attached hydrogens (tertiary/aromatic N) is 2. The average Bonchev–Trinajstić information content (AvgIpc) is 2.68. The first-order valence-electron chi connectivity index (χ1n) is 9.12. The number of para-hydroxylation sites is 1. The van der Waals surface area contributed by atoms with Gasteiger partial charge in [-0.15, -0.1) is 0 Å². The van der Waals surface area contributed by atoms with Gasteiger partial charge in [-0.3, -0.25) is 4.79 Å². The Morgan fingerprint density at radius 1 is 1.12 bits per heavy atom. The van der Waals surface area contributed by atoms with E-state index < -0.39 is 0 Å². The maximum Gasteiger partial charge on any atom is 0.257 e. The highest BCUT2D eigenvalue weighted by Gasteiger charge is 2.18. The Labute approximate surface area is 155 Å². The number of carbonyl (C=O) groups excluding carboxylic acids is 1. The van der Waals surface area contributed by atoms with Gasteiger partial charge in [0.05, 0.1) is 18.8 Å². The molecule has 0 saturated carbocycles. The van der Waals surface area contributed by atoms with E-state index in [1.54, 1.807) is 0 Å². The molecule has 1 amide bonds. The molecule has 5 heteroatoms. The first-order valence-corrected chi connectivity index (χ1v) is 9.12. The van der Waals surface area contributed by atoms with Gasteiger partial charge in [-0.2, -0.15) is 0 Å². The molecule has 0 radical (unpaired) electrons. The number of amides is 1. The van der Waals surface area contributed by atoms with E-state index in [0.717, 1.165) is 30.2 Å². The highest BCUT2D eigenvalue weighted by atomic mass is 16.5. The van der Waals surface area contributed by atoms with Crippen LogP contribution in [0.1, 0.15) is 24.2 Å². The highest BCUT2D eigenvalue weighted by molar-refractivity contribution is 6.08. The van der Waals surface area contributed by atoms with Crippen LogP contribution >= 0.6 is 0 Å². The molecule has 26 heavy (non-hydrogen) atoms. The fraction of sp³-hybridized carbons (Fsp3) is 0.381. The van der Waals surface area contributed by atoms with Gasteiger partial charge >= 0.3 is 0 Å². The highest BCUT2D eigenvalue weighted by Crippen LogP contribution is 2.24. The number of nitrogens with one attached hydrogen (secondary N) is 1. The van der Waals surface area contributed by atoms with Crippen molar-refractivity contribution >= 4 is 23.0 Å². The molecule has 138 valence electrons. The Morgan fingerprint density at radius 3 is 2.58 bits per heavy atom. The summed E-state index contributed by atoms with van der Waals surface area (Å²) in [5.41, 5.74) is 3.54. The van der Waals surface area contributed by atoms with Gasteiger partial charge in [-0.05, 0) is 44.2 Å². The first kappa shape index (κ1) is 18.3. The summed E-state index contributed by atoms with van der Waals surface area (Å²) >= 11 is 0. The molecular weight excluding hydrogens is 326 g/mol. The topological polar surface area (TPSA) is 44.8 Å². The van der Waals surface area contributed by atoms with E-state index in [9.17, 15) is 4.79 Å². The standard InChI is InChI=1S/C21H27N3O2/c1-16(2)23(3)18-8-6-7-17(15-18)22-21(25)19-9-4-5-10-20(19)24-11-13-26-14-12-24/h4-10,15-16H,11-14H2,1-3H3,(H,22,25). The number of carbonyl (C=O) groups is 1. The molecule has 0 spiro atoms. The molecule has 0 atom stereocenters. The van der Waals surface area contributed by atoms with Crippen molar-refractivity contribution in [3.63, 3.8) is 0 Å². The molecular formula is C21H27N3O2. The zero-order valence-corrected chi connectivity index (χ0v) is 15.7. The third-order valence-corrected chi connectivity index (χ3v) is 4.79. The van der Waals surface area contributed by atoms with Crippen molar-refractivity contribution in [2.45, 2.75) is 19.9 Å². The van der Waals surface area contributed by atoms with E-state index >= 15 is 0 Å². The van der Waals surface area contributed by atoms with Gasteiger partial charge in [0.15, 0.2) is 0 Å². The van der Waals surface area contributed by atoms with Gasteiger partial charge in [0.25, 0.3) is 5.91 Å². The molecule has 0 bridgehead atoms. The predicted molar refractivity (Wildman–Crippen MR) is 107 cm³/mol. The second kappa shape index (κ2) is 8.23. The minimum atomic E-state index is -0.0866. The van der Waals surface area contributed by atoms with Gasteiger partial charge in [0, 0.05) is 43.2 Å². The summed E-state index contributed by atoms with van der Waals surface area (Å²) in [4.78, 5) is 17.3. The maximum absolute atomic E-state index is 12.9. The number of hydrogen-bond donors (Lipinski definition) is 1. The first-order chi connectivity index (χ1) is 12.6. The Hall–Kier alpha value is -2.53. The molecule has 2 aromatic carbocycles. The number of rotatable bonds is 5. The quantitative estimate of drug-likeness (QED) is 0.892. The van der Waals surface area contributed by atoms with Gasteiger partial charge in [0.2, 0.25) is 0 Å². The second-order valence-electron chi connectivity index (χ2n) is 6.83. The van der Waals surface area contributed by atoms with Crippen LogP contribution in [0.25, 0.3) is 0 Å². The molecule has 0 aliphatic carbocycles. The zero-order valence-electron chi connectivity index (χ0n) is 15.7. The third-order valence-electron chi connectivity index (χ3n) is 4.79. The summed E-state index contributed by atoms with van der Waals surface area (Å²) in [6.07, 6.45) is 0. The fourth-order valence-corrected chi connectivity index (χ4v) is 3.05. The van der Waals surface area contributed by atoms with Crippen LogP contribution in [-0.4, -0.2) is 45.3 Å². The summed E-state index contributed by atoms with van der Waals surface area (Å²) in [5, 5.41) is 3.05. The van der Waals surface area contributed by atoms with E-state index in [4.69, 9.17) is 4.74 Å². The van der Waals surface area contributed by atoms with E-state index in [2.05, 4.69) is 42.1 Å². The van der Waals surface area contributed by atoms with Crippen LogP contribution in [0.4, 0.5) is 17.1 Å². The Morgan fingerprint density at radius 2 is 1.85 bits per heavy atom. The van der Waals surface area contributed by atoms with E-state index in [0.29, 0.717) is 24.8 Å². The monoisotopic (exact) mass is 353 g/mol. The van der Waals surface area contributed by atoms with Crippen molar-refractivity contribution in [1.29, 1.82) is 0 Å². The lowest BCUT2D eigenvalue weighted by molar-refractivity contribution is 0.102. The molecule has 0 unspecified atom stereocenters. The van der Waals surface area contributed by atoms with Crippen molar-refractivity contribution in [3.05, 3.63) is 54.1 Å². The lowest BCUT2D eigenvalue weighted by atomic mass is 10.1. The molecule has 1 aliphatic rings. The van der Waals surface area contributed by atoms with Gasteiger partial charge in [-0.1, -0.05) is 18.2 Å². The van der Waals surface area contributed by atoms with Crippen LogP contribution in [0.3, 0.4) is 0 Å². The minimum absolute atomic E-state index is 0.0866. The van der Waals surface area contributed by atoms with E-state index in [1.165, 1.54) is 0 Å². The molecule has 1 saturated heterocycles. The molecule has 3 rings (SSSR count). The van der Waals surface area contributed by atoms with Crippen molar-refractivity contribution < 1.29 is 9.53 Å². The summed E-state index contributed by atoms with van der Waals surface area (Å²) < 4.78 is 5.43. The van der Waals surface area contributed by atoms with E-state index in [-0.39, 0.29) is 5.91 Å². The molecule has 2 aromatic rings. The lowest BCUT2D eigenvalue weighted by Crippen LogP contribution is -2.37. The molecule has 5 nitrogen and oxygen atoms in total. The van der Waals surface area contributed by atoms with Gasteiger partial charge < -0.3 is 19.9 Å². The van der Waals surface area contributed by atoms with Crippen LogP contribution < -0.4 is 15.1 Å². The smallest absolute Gasteiger partial charge is 0.257 e. The SMILES string of the molecule is CC(C)N(C)c1cccc(NC(=O)c2ccccc2N2CCOCC2)c1. The summed E-state index contributed by atoms with van der Waals surface area (Å²) in [5.74, 6) is -0.0866. The number of hydrogen-bond acceptors (Lipinski definition) is 4. The van der Waals surface area contributed by atoms with Crippen LogP contribution in [0.2, 0.25) is 0 Å². The summed E-state index contributed by atoms with van der Waals surface area (Å²) in [6.45, 7) is 7.28. The molecule has 1 fully saturated rings. The summed E-state index contributed by atoms with van der Waals surface area (Å²) in [7, 11) is 2.05. The van der Waals surface area contributed by atoms with Gasteiger partial charge in [-0.25, -0.2) is 0 Å². The Balaban J connectivity index is 1.80. The van der Waals surface area contributed by atoms with Crippen LogP contribution in [0.5, 0.6) is 0 Å². The summed E-state index contributed by atoms with van der Waals surface area (Å²) in [6, 6.07) is 16.1. The van der Waals surface area contributed by atoms with Crippen molar-refractivity contribution in [3.8, 4) is 0 Å². The maximum atomic E-state index is 12.9. The molecule has 1 N–H and O–H groups in total. The fourth-order valence-electron chi connectivity index (χ4n) is 3.05. The zero-order chi connectivity index (χ0) is 18.5. The molecule has 1 aliphatic heterocycles. The van der Waals surface area contributed by atoms with Crippen molar-refractivity contribution in [2.24, 2.45) is 0 Å². The van der Waals surface area contributed by atoms with Crippen LogP contribution in [0.15, 0.2) is 48.5 Å². The average molecular weight is 353 g/mol. The molecule has 1 heterocycles. The number of anilines is 3. The largest absolute Gasteiger partial charge is 0.378 e. The Bertz CT molecular complexity index is 754. The minimum Gasteiger partial charge on any atom is -0.378 e. The van der Waals surface area contributed by atoms with Crippen LogP contribution in [0, 0.1) is 0 Å².